The number of benzene rings is 3. The zero-order chi connectivity index (χ0) is 28.0. The maximum atomic E-state index is 7.28. The van der Waals surface area contributed by atoms with Gasteiger partial charge in [-0.3, -0.25) is 0 Å². The summed E-state index contributed by atoms with van der Waals surface area (Å²) in [5.41, 5.74) is 7.20. The fraction of sp³-hybridized carbons (Fsp3) is 0.0968. The molecule has 0 aliphatic rings. The number of nitrogens with zero attached hydrogens (tertiary/aromatic N) is 2. The molecule has 2 aromatic heterocycles. The Morgan fingerprint density at radius 2 is 1.44 bits per heavy atom. The minimum Gasteiger partial charge on any atom is -0.305 e. The second kappa shape index (κ2) is 12.2. The number of hydrogen-bond donors (Lipinski definition) is 0. The average molecular weight is 625 g/mol. The van der Waals surface area contributed by atoms with E-state index in [1.165, 1.54) is 41.1 Å². The Hall–Kier alpha value is -3.39. The molecule has 2 heterocycles. The van der Waals surface area contributed by atoms with E-state index in [1.807, 2.05) is 36.5 Å². The Balaban J connectivity index is 0.000000215. The van der Waals surface area contributed by atoms with Crippen LogP contribution in [0.2, 0.25) is 0 Å². The Morgan fingerprint density at radius 1 is 0.676 bits per heavy atom. The van der Waals surface area contributed by atoms with E-state index in [-0.39, 0.29) is 31.2 Å². The van der Waals surface area contributed by atoms with Gasteiger partial charge in [0.15, 0.2) is 0 Å². The molecule has 0 aliphatic heterocycles. The van der Waals surface area contributed by atoms with E-state index in [1.54, 1.807) is 12.1 Å². The third-order valence-electron chi connectivity index (χ3n) is 4.98. The predicted molar refractivity (Wildman–Crippen MR) is 137 cm³/mol. The molecule has 0 amide bonds. The number of hydrogen-bond acceptors (Lipinski definition) is 2. The first kappa shape index (κ1) is 18.0. The topological polar surface area (TPSA) is 25.8 Å². The van der Waals surface area contributed by atoms with Gasteiger partial charge in [0.2, 0.25) is 0 Å². The average Bonchev–Trinajstić information content (AvgIpc) is 2.94. The molecule has 2 nitrogen and oxygen atoms in total. The molecule has 0 unspecified atom stereocenters. The van der Waals surface area contributed by atoms with Gasteiger partial charge in [-0.2, -0.15) is 0 Å². The summed E-state index contributed by atoms with van der Waals surface area (Å²) in [7, 11) is 0. The first-order valence-electron chi connectivity index (χ1n) is 13.5. The summed E-state index contributed by atoms with van der Waals surface area (Å²) in [4.78, 5) is 8.50. The van der Waals surface area contributed by atoms with Gasteiger partial charge in [-0.1, -0.05) is 54.9 Å². The van der Waals surface area contributed by atoms with Gasteiger partial charge in [0.25, 0.3) is 0 Å². The van der Waals surface area contributed by atoms with Crippen molar-refractivity contribution in [3.05, 3.63) is 132 Å². The summed E-state index contributed by atoms with van der Waals surface area (Å²) in [6.07, 6.45) is 3.15. The van der Waals surface area contributed by atoms with Crippen LogP contribution in [0.4, 0.5) is 0 Å². The molecule has 0 saturated heterocycles. The van der Waals surface area contributed by atoms with Crippen LogP contribution in [-0.2, 0) is 20.1 Å². The van der Waals surface area contributed by atoms with Crippen LogP contribution in [0.15, 0.2) is 103 Å². The molecule has 0 aliphatic carbocycles. The van der Waals surface area contributed by atoms with Crippen molar-refractivity contribution in [3.8, 4) is 33.6 Å². The molecule has 0 saturated carbocycles. The summed E-state index contributed by atoms with van der Waals surface area (Å²) in [6.45, 7) is -2.24. The van der Waals surface area contributed by atoms with E-state index < -0.39 is 13.7 Å². The summed E-state index contributed by atoms with van der Waals surface area (Å²) in [5, 5.41) is 0. The zero-order valence-electron chi connectivity index (χ0n) is 24.5. The molecule has 171 valence electrons. The van der Waals surface area contributed by atoms with Crippen molar-refractivity contribution in [1.29, 1.82) is 0 Å². The van der Waals surface area contributed by atoms with Crippen molar-refractivity contribution in [2.75, 3.05) is 0 Å². The largest absolute Gasteiger partial charge is 0.305 e. The molecule has 0 atom stereocenters. The first-order valence-corrected chi connectivity index (χ1v) is 10.5. The van der Waals surface area contributed by atoms with E-state index in [0.717, 1.165) is 11.3 Å². The molecule has 5 aromatic rings. The van der Waals surface area contributed by atoms with E-state index in [2.05, 4.69) is 59.4 Å². The quantitative estimate of drug-likeness (QED) is 0.193. The Morgan fingerprint density at radius 3 is 2.09 bits per heavy atom. The van der Waals surface area contributed by atoms with Gasteiger partial charge < -0.3 is 9.97 Å². The molecule has 34 heavy (non-hydrogen) atoms. The van der Waals surface area contributed by atoms with Gasteiger partial charge in [0.05, 0.1) is 0 Å². The standard InChI is InChI=1S/C18H14N.C13H12N.Ir/c1-14-7-9-15(10-8-14)17-11-12-19-18(13-17)16-5-3-2-4-6-16;1-10-3-6-12(7-4-10)13-8-5-11(2)9-14-13;/h2-5,7-13H,1H3;3-6,8-9H,1-2H3;/q2*-1;/i;1D3,2D3;. The van der Waals surface area contributed by atoms with Crippen LogP contribution in [0, 0.1) is 32.8 Å². The molecular formula is C31H26IrN2-2. The van der Waals surface area contributed by atoms with Gasteiger partial charge in [0.1, 0.15) is 0 Å². The van der Waals surface area contributed by atoms with Gasteiger partial charge >= 0.3 is 0 Å². The summed E-state index contributed by atoms with van der Waals surface area (Å²) in [6, 6.07) is 34.3. The maximum Gasteiger partial charge on any atom is 0.0280 e. The van der Waals surface area contributed by atoms with Crippen LogP contribution in [0.25, 0.3) is 33.6 Å². The van der Waals surface area contributed by atoms with Crippen LogP contribution in [0.1, 0.15) is 24.9 Å². The van der Waals surface area contributed by atoms with E-state index in [9.17, 15) is 0 Å². The van der Waals surface area contributed by atoms with E-state index >= 15 is 0 Å². The molecule has 0 spiro atoms. The third kappa shape index (κ3) is 6.81. The van der Waals surface area contributed by atoms with Crippen LogP contribution in [0.5, 0.6) is 0 Å². The number of aryl methyl sites for hydroxylation is 3. The van der Waals surface area contributed by atoms with Crippen LogP contribution in [0.3, 0.4) is 0 Å². The smallest absolute Gasteiger partial charge is 0.0280 e. The fourth-order valence-corrected chi connectivity index (χ4v) is 3.19. The monoisotopic (exact) mass is 625 g/mol. The molecule has 5 rings (SSSR count). The van der Waals surface area contributed by atoms with Crippen molar-refractivity contribution < 1.29 is 28.3 Å². The number of pyridine rings is 2. The summed E-state index contributed by atoms with van der Waals surface area (Å²) in [5.74, 6) is 0. The fourth-order valence-electron chi connectivity index (χ4n) is 3.19. The van der Waals surface area contributed by atoms with Gasteiger partial charge in [-0.05, 0) is 47.9 Å². The van der Waals surface area contributed by atoms with Crippen LogP contribution >= 0.6 is 0 Å². The number of aromatic nitrogens is 2. The summed E-state index contributed by atoms with van der Waals surface area (Å²) >= 11 is 0. The van der Waals surface area contributed by atoms with Gasteiger partial charge in [-0.25, -0.2) is 0 Å². The van der Waals surface area contributed by atoms with Crippen LogP contribution < -0.4 is 0 Å². The zero-order valence-corrected chi connectivity index (χ0v) is 20.9. The Bertz CT molecular complexity index is 1440. The van der Waals surface area contributed by atoms with E-state index in [0.29, 0.717) is 11.3 Å². The first-order chi connectivity index (χ1) is 18.5. The minimum atomic E-state index is -2.18. The predicted octanol–water partition coefficient (Wildman–Crippen LogP) is 7.69. The second-order valence-corrected chi connectivity index (χ2v) is 7.50. The van der Waals surface area contributed by atoms with Gasteiger partial charge in [-0.15, -0.1) is 71.3 Å². The van der Waals surface area contributed by atoms with Crippen molar-refractivity contribution in [1.82, 2.24) is 9.97 Å². The number of rotatable bonds is 3. The minimum absolute atomic E-state index is 0. The molecule has 3 heteroatoms. The van der Waals surface area contributed by atoms with Crippen molar-refractivity contribution in [2.45, 2.75) is 20.6 Å². The maximum absolute atomic E-state index is 7.28. The van der Waals surface area contributed by atoms with Crippen LogP contribution in [-0.4, -0.2) is 9.97 Å². The SMILES string of the molecule is Cc1ccc(-c2ccnc(-c3[c-]cccc3)c2)cc1.[2H]C([2H])([2H])c1c[c-]c(-c2ccc(C([2H])([2H])[2H])cn2)cc1.[Ir]. The molecule has 1 radical (unpaired) electrons. The van der Waals surface area contributed by atoms with Crippen molar-refractivity contribution in [2.24, 2.45) is 0 Å². The van der Waals surface area contributed by atoms with E-state index in [4.69, 9.17) is 8.22 Å². The third-order valence-corrected chi connectivity index (χ3v) is 4.98. The second-order valence-electron chi connectivity index (χ2n) is 7.50. The molecule has 0 bridgehead atoms. The molecular weight excluding hydrogens is 593 g/mol. The Labute approximate surface area is 224 Å². The van der Waals surface area contributed by atoms with Crippen molar-refractivity contribution >= 4 is 0 Å². The Kier molecular flexibility index (Phi) is 6.45. The summed E-state index contributed by atoms with van der Waals surface area (Å²) < 4.78 is 43.6. The molecule has 0 fully saturated rings. The molecule has 3 aromatic carbocycles. The molecule has 0 N–H and O–H groups in total. The van der Waals surface area contributed by atoms with Gasteiger partial charge in [0, 0.05) is 40.7 Å². The van der Waals surface area contributed by atoms with Crippen molar-refractivity contribution in [3.63, 3.8) is 0 Å². The normalized spacial score (nSPS) is 13.3.